The van der Waals surface area contributed by atoms with Crippen molar-refractivity contribution >= 4 is 39.2 Å². The number of aryl methyl sites for hydroxylation is 2. The van der Waals surface area contributed by atoms with Crippen LogP contribution >= 0.6 is 11.3 Å². The molecule has 0 saturated carbocycles. The molecule has 1 atom stereocenters. The van der Waals surface area contributed by atoms with E-state index in [0.717, 1.165) is 41.0 Å². The number of primary amides is 1. The number of amides is 1. The maximum Gasteiger partial charge on any atom is 0.348 e. The average Bonchev–Trinajstić information content (AvgIpc) is 2.90. The maximum atomic E-state index is 12.0. The van der Waals surface area contributed by atoms with Gasteiger partial charge in [-0.3, -0.25) is 4.79 Å². The number of hydrogen-bond donors (Lipinski definition) is 1. The number of piperidine rings is 1. The molecular formula is C16H20N4O3S. The lowest BCUT2D eigenvalue weighted by atomic mass is 9.97. The lowest BCUT2D eigenvalue weighted by Crippen LogP contribution is -2.41. The van der Waals surface area contributed by atoms with Crippen LogP contribution in [0.1, 0.15) is 33.9 Å². The molecule has 3 rings (SSSR count). The fourth-order valence-corrected chi connectivity index (χ4v) is 4.28. The summed E-state index contributed by atoms with van der Waals surface area (Å²) in [4.78, 5) is 36.0. The van der Waals surface area contributed by atoms with Gasteiger partial charge in [-0.25, -0.2) is 14.8 Å². The van der Waals surface area contributed by atoms with E-state index in [2.05, 4.69) is 14.9 Å². The van der Waals surface area contributed by atoms with E-state index in [0.29, 0.717) is 17.2 Å². The summed E-state index contributed by atoms with van der Waals surface area (Å²) < 4.78 is 4.86. The standard InChI is InChI=1S/C16H20N4O3S/c1-8-11-14(20-6-4-5-10(7-20)13(17)21)18-9(2)19-15(11)24-12(8)16(22)23-3/h10H,4-7H2,1-3H3,(H2,17,21)/t10-/m0/s1. The van der Waals surface area contributed by atoms with Crippen molar-refractivity contribution in [2.24, 2.45) is 11.7 Å². The Bertz CT molecular complexity index is 817. The highest BCUT2D eigenvalue weighted by Crippen LogP contribution is 2.37. The molecule has 0 radical (unpaired) electrons. The van der Waals surface area contributed by atoms with Gasteiger partial charge in [-0.05, 0) is 32.3 Å². The number of ether oxygens (including phenoxy) is 1. The Morgan fingerprint density at radius 3 is 2.75 bits per heavy atom. The van der Waals surface area contributed by atoms with Gasteiger partial charge in [0, 0.05) is 13.1 Å². The topological polar surface area (TPSA) is 98.4 Å². The van der Waals surface area contributed by atoms with E-state index < -0.39 is 0 Å². The molecule has 2 aromatic rings. The number of carbonyl (C=O) groups is 2. The fourth-order valence-electron chi connectivity index (χ4n) is 3.14. The van der Waals surface area contributed by atoms with E-state index in [9.17, 15) is 9.59 Å². The van der Waals surface area contributed by atoms with Crippen LogP contribution in [0.25, 0.3) is 10.2 Å². The summed E-state index contributed by atoms with van der Waals surface area (Å²) in [5.41, 5.74) is 6.30. The third-order valence-electron chi connectivity index (χ3n) is 4.38. The Balaban J connectivity index is 2.11. The molecule has 7 nitrogen and oxygen atoms in total. The van der Waals surface area contributed by atoms with Crippen LogP contribution in [0.4, 0.5) is 5.82 Å². The predicted octanol–water partition coefficient (Wildman–Crippen LogP) is 1.80. The lowest BCUT2D eigenvalue weighted by Gasteiger charge is -2.32. The fraction of sp³-hybridized carbons (Fsp3) is 0.500. The third kappa shape index (κ3) is 2.82. The summed E-state index contributed by atoms with van der Waals surface area (Å²) in [6.07, 6.45) is 1.68. The number of rotatable bonds is 3. The van der Waals surface area contributed by atoms with Crippen LogP contribution in [-0.4, -0.2) is 42.0 Å². The number of nitrogens with zero attached hydrogens (tertiary/aromatic N) is 3. The first-order valence-electron chi connectivity index (χ1n) is 7.82. The van der Waals surface area contributed by atoms with Crippen LogP contribution < -0.4 is 10.6 Å². The first kappa shape index (κ1) is 16.6. The number of fused-ring (bicyclic) bond motifs is 1. The second-order valence-corrected chi connectivity index (χ2v) is 7.01. The zero-order valence-corrected chi connectivity index (χ0v) is 14.8. The Morgan fingerprint density at radius 1 is 1.33 bits per heavy atom. The molecule has 1 aliphatic heterocycles. The third-order valence-corrected chi connectivity index (χ3v) is 5.54. The number of methoxy groups -OCH3 is 1. The summed E-state index contributed by atoms with van der Waals surface area (Å²) in [6.45, 7) is 5.05. The number of aromatic nitrogens is 2. The van der Waals surface area contributed by atoms with Crippen LogP contribution in [0, 0.1) is 19.8 Å². The van der Waals surface area contributed by atoms with E-state index in [-0.39, 0.29) is 17.8 Å². The summed E-state index contributed by atoms with van der Waals surface area (Å²) in [6, 6.07) is 0. The normalized spacial score (nSPS) is 18.0. The highest BCUT2D eigenvalue weighted by molar-refractivity contribution is 7.20. The first-order valence-corrected chi connectivity index (χ1v) is 8.64. The summed E-state index contributed by atoms with van der Waals surface area (Å²) in [5, 5.41) is 0.858. The quantitative estimate of drug-likeness (QED) is 0.849. The van der Waals surface area contributed by atoms with Gasteiger partial charge in [-0.1, -0.05) is 0 Å². The van der Waals surface area contributed by atoms with Crippen molar-refractivity contribution in [3.8, 4) is 0 Å². The minimum Gasteiger partial charge on any atom is -0.465 e. The highest BCUT2D eigenvalue weighted by Gasteiger charge is 2.28. The van der Waals surface area contributed by atoms with Crippen LogP contribution in [0.2, 0.25) is 0 Å². The van der Waals surface area contributed by atoms with Gasteiger partial charge in [0.05, 0.1) is 18.4 Å². The number of anilines is 1. The van der Waals surface area contributed by atoms with E-state index in [1.54, 1.807) is 0 Å². The molecular weight excluding hydrogens is 328 g/mol. The Morgan fingerprint density at radius 2 is 2.08 bits per heavy atom. The molecule has 1 aliphatic rings. The van der Waals surface area contributed by atoms with Crippen molar-refractivity contribution in [1.82, 2.24) is 9.97 Å². The zero-order valence-electron chi connectivity index (χ0n) is 14.0. The van der Waals surface area contributed by atoms with E-state index in [4.69, 9.17) is 10.5 Å². The summed E-state index contributed by atoms with van der Waals surface area (Å²) >= 11 is 1.31. The molecule has 0 unspecified atom stereocenters. The minimum absolute atomic E-state index is 0.178. The van der Waals surface area contributed by atoms with Gasteiger partial charge in [0.15, 0.2) is 0 Å². The van der Waals surface area contributed by atoms with Crippen LogP contribution in [0.3, 0.4) is 0 Å². The SMILES string of the molecule is COC(=O)c1sc2nc(C)nc(N3CCC[C@H](C(N)=O)C3)c2c1C. The molecule has 3 heterocycles. The number of carbonyl (C=O) groups excluding carboxylic acids is 2. The number of esters is 1. The van der Waals surface area contributed by atoms with Crippen molar-refractivity contribution in [3.63, 3.8) is 0 Å². The van der Waals surface area contributed by atoms with Crippen molar-refractivity contribution < 1.29 is 14.3 Å². The van der Waals surface area contributed by atoms with Gasteiger partial charge in [0.2, 0.25) is 5.91 Å². The number of thiophene rings is 1. The molecule has 0 aromatic carbocycles. The Hall–Kier alpha value is -2.22. The smallest absolute Gasteiger partial charge is 0.348 e. The number of hydrogen-bond acceptors (Lipinski definition) is 7. The first-order chi connectivity index (χ1) is 11.4. The van der Waals surface area contributed by atoms with Gasteiger partial charge in [0.1, 0.15) is 21.3 Å². The highest BCUT2D eigenvalue weighted by atomic mass is 32.1. The lowest BCUT2D eigenvalue weighted by molar-refractivity contribution is -0.122. The predicted molar refractivity (Wildman–Crippen MR) is 92.4 cm³/mol. The largest absolute Gasteiger partial charge is 0.465 e. The molecule has 0 bridgehead atoms. The van der Waals surface area contributed by atoms with Crippen LogP contribution in [0.5, 0.6) is 0 Å². The van der Waals surface area contributed by atoms with Gasteiger partial charge in [-0.2, -0.15) is 0 Å². The average molecular weight is 348 g/mol. The van der Waals surface area contributed by atoms with Crippen molar-refractivity contribution in [2.45, 2.75) is 26.7 Å². The Kier molecular flexibility index (Phi) is 4.40. The second kappa shape index (κ2) is 6.35. The van der Waals surface area contributed by atoms with Gasteiger partial charge >= 0.3 is 5.97 Å². The molecule has 0 aliphatic carbocycles. The molecule has 2 aromatic heterocycles. The van der Waals surface area contributed by atoms with Crippen molar-refractivity contribution in [3.05, 3.63) is 16.3 Å². The van der Waals surface area contributed by atoms with Gasteiger partial charge in [-0.15, -0.1) is 11.3 Å². The summed E-state index contributed by atoms with van der Waals surface area (Å²) in [7, 11) is 1.37. The molecule has 1 saturated heterocycles. The molecule has 0 spiro atoms. The molecule has 128 valence electrons. The van der Waals surface area contributed by atoms with Crippen molar-refractivity contribution in [2.75, 3.05) is 25.1 Å². The summed E-state index contributed by atoms with van der Waals surface area (Å²) in [5.74, 6) is 0.582. The number of nitrogens with two attached hydrogens (primary N) is 1. The van der Waals surface area contributed by atoms with E-state index >= 15 is 0 Å². The Labute approximate surface area is 143 Å². The van der Waals surface area contributed by atoms with E-state index in [1.165, 1.54) is 18.4 Å². The minimum atomic E-state index is -0.368. The molecule has 1 fully saturated rings. The maximum absolute atomic E-state index is 12.0. The zero-order chi connectivity index (χ0) is 17.4. The van der Waals surface area contributed by atoms with Crippen molar-refractivity contribution in [1.29, 1.82) is 0 Å². The molecule has 2 N–H and O–H groups in total. The molecule has 8 heteroatoms. The molecule has 1 amide bonds. The van der Waals surface area contributed by atoms with Gasteiger partial charge < -0.3 is 15.4 Å². The van der Waals surface area contributed by atoms with Crippen LogP contribution in [-0.2, 0) is 9.53 Å². The molecule has 24 heavy (non-hydrogen) atoms. The second-order valence-electron chi connectivity index (χ2n) is 6.01. The van der Waals surface area contributed by atoms with Gasteiger partial charge in [0.25, 0.3) is 0 Å². The van der Waals surface area contributed by atoms with Crippen LogP contribution in [0.15, 0.2) is 0 Å². The monoisotopic (exact) mass is 348 g/mol. The van der Waals surface area contributed by atoms with E-state index in [1.807, 2.05) is 13.8 Å².